The van der Waals surface area contributed by atoms with Gasteiger partial charge in [-0.25, -0.2) is 0 Å². The molecule has 1 atom stereocenters. The van der Waals surface area contributed by atoms with Gasteiger partial charge in [-0.1, -0.05) is 42.5 Å². The van der Waals surface area contributed by atoms with Crippen LogP contribution < -0.4 is 10.1 Å². The molecule has 0 spiro atoms. The maximum Gasteiger partial charge on any atom is 0.119 e. The van der Waals surface area contributed by atoms with Gasteiger partial charge in [0.15, 0.2) is 0 Å². The molecular formula is C19H19NO. The maximum atomic E-state index is 5.19. The molecule has 3 aromatic carbocycles. The molecule has 1 unspecified atom stereocenters. The molecule has 0 heterocycles. The summed E-state index contributed by atoms with van der Waals surface area (Å²) >= 11 is 0. The third-order valence-electron chi connectivity index (χ3n) is 3.76. The first kappa shape index (κ1) is 13.5. The Morgan fingerprint density at radius 3 is 2.33 bits per heavy atom. The van der Waals surface area contributed by atoms with Crippen molar-refractivity contribution in [1.82, 2.24) is 0 Å². The SMILES string of the molecule is COc1ccc(NC(C)c2cccc3ccccc23)cc1. The fraction of sp³-hybridized carbons (Fsp3) is 0.158. The molecule has 106 valence electrons. The normalized spacial score (nSPS) is 12.1. The van der Waals surface area contributed by atoms with Gasteiger partial charge in [0.25, 0.3) is 0 Å². The summed E-state index contributed by atoms with van der Waals surface area (Å²) in [5, 5.41) is 6.12. The number of methoxy groups -OCH3 is 1. The molecule has 21 heavy (non-hydrogen) atoms. The molecule has 0 bridgehead atoms. The van der Waals surface area contributed by atoms with Gasteiger partial charge in [0.05, 0.1) is 7.11 Å². The monoisotopic (exact) mass is 277 g/mol. The predicted molar refractivity (Wildman–Crippen MR) is 89.0 cm³/mol. The van der Waals surface area contributed by atoms with E-state index in [2.05, 4.69) is 54.7 Å². The van der Waals surface area contributed by atoms with E-state index < -0.39 is 0 Å². The van der Waals surface area contributed by atoms with Crippen LogP contribution in [-0.4, -0.2) is 7.11 Å². The number of hydrogen-bond acceptors (Lipinski definition) is 2. The van der Waals surface area contributed by atoms with Crippen LogP contribution in [0.2, 0.25) is 0 Å². The van der Waals surface area contributed by atoms with E-state index in [1.165, 1.54) is 16.3 Å². The zero-order valence-electron chi connectivity index (χ0n) is 12.3. The lowest BCUT2D eigenvalue weighted by Crippen LogP contribution is -2.07. The highest BCUT2D eigenvalue weighted by Crippen LogP contribution is 2.27. The molecular weight excluding hydrogens is 258 g/mol. The highest BCUT2D eigenvalue weighted by molar-refractivity contribution is 5.86. The first-order valence-corrected chi connectivity index (χ1v) is 7.16. The average molecular weight is 277 g/mol. The van der Waals surface area contributed by atoms with Gasteiger partial charge in [0.1, 0.15) is 5.75 Å². The average Bonchev–Trinajstić information content (AvgIpc) is 2.55. The number of fused-ring (bicyclic) bond motifs is 1. The van der Waals surface area contributed by atoms with Crippen molar-refractivity contribution in [3.63, 3.8) is 0 Å². The quantitative estimate of drug-likeness (QED) is 0.723. The van der Waals surface area contributed by atoms with E-state index in [0.717, 1.165) is 11.4 Å². The standard InChI is InChI=1S/C19H19NO/c1-14(20-16-10-12-17(21-2)13-11-16)18-9-5-7-15-6-3-4-8-19(15)18/h3-14,20H,1-2H3. The van der Waals surface area contributed by atoms with Crippen molar-refractivity contribution in [2.45, 2.75) is 13.0 Å². The van der Waals surface area contributed by atoms with Crippen LogP contribution in [0.5, 0.6) is 5.75 Å². The smallest absolute Gasteiger partial charge is 0.119 e. The van der Waals surface area contributed by atoms with Crippen molar-refractivity contribution < 1.29 is 4.74 Å². The molecule has 0 amide bonds. The summed E-state index contributed by atoms with van der Waals surface area (Å²) in [6.07, 6.45) is 0. The lowest BCUT2D eigenvalue weighted by molar-refractivity contribution is 0.415. The minimum atomic E-state index is 0.240. The van der Waals surface area contributed by atoms with E-state index in [4.69, 9.17) is 4.74 Å². The number of anilines is 1. The highest BCUT2D eigenvalue weighted by Gasteiger charge is 2.08. The third-order valence-corrected chi connectivity index (χ3v) is 3.76. The topological polar surface area (TPSA) is 21.3 Å². The molecule has 0 fully saturated rings. The van der Waals surface area contributed by atoms with Gasteiger partial charge < -0.3 is 10.1 Å². The van der Waals surface area contributed by atoms with Crippen LogP contribution in [-0.2, 0) is 0 Å². The van der Waals surface area contributed by atoms with Crippen molar-refractivity contribution in [3.05, 3.63) is 72.3 Å². The fourth-order valence-electron chi connectivity index (χ4n) is 2.64. The van der Waals surface area contributed by atoms with Crippen LogP contribution in [0, 0.1) is 0 Å². The van der Waals surface area contributed by atoms with Gasteiger partial charge in [0, 0.05) is 11.7 Å². The van der Waals surface area contributed by atoms with Crippen LogP contribution in [0.25, 0.3) is 10.8 Å². The van der Waals surface area contributed by atoms with E-state index in [9.17, 15) is 0 Å². The molecule has 0 aliphatic carbocycles. The molecule has 2 heteroatoms. The van der Waals surface area contributed by atoms with Crippen LogP contribution in [0.4, 0.5) is 5.69 Å². The first-order chi connectivity index (χ1) is 10.3. The molecule has 0 aliphatic rings. The van der Waals surface area contributed by atoms with Gasteiger partial charge in [-0.15, -0.1) is 0 Å². The molecule has 0 saturated carbocycles. The van der Waals surface area contributed by atoms with Crippen LogP contribution in [0.3, 0.4) is 0 Å². The fourth-order valence-corrected chi connectivity index (χ4v) is 2.64. The van der Waals surface area contributed by atoms with E-state index >= 15 is 0 Å². The van der Waals surface area contributed by atoms with Gasteiger partial charge in [-0.2, -0.15) is 0 Å². The summed E-state index contributed by atoms with van der Waals surface area (Å²) in [5.41, 5.74) is 2.40. The van der Waals surface area contributed by atoms with Crippen LogP contribution >= 0.6 is 0 Å². The summed E-state index contributed by atoms with van der Waals surface area (Å²) in [4.78, 5) is 0. The lowest BCUT2D eigenvalue weighted by Gasteiger charge is -2.18. The Morgan fingerprint density at radius 2 is 1.57 bits per heavy atom. The third kappa shape index (κ3) is 2.84. The molecule has 0 saturated heterocycles. The lowest BCUT2D eigenvalue weighted by atomic mass is 9.99. The first-order valence-electron chi connectivity index (χ1n) is 7.16. The highest BCUT2D eigenvalue weighted by atomic mass is 16.5. The summed E-state index contributed by atoms with van der Waals surface area (Å²) in [6.45, 7) is 2.19. The largest absolute Gasteiger partial charge is 0.497 e. The van der Waals surface area contributed by atoms with Crippen molar-refractivity contribution >= 4 is 16.5 Å². The second-order valence-electron chi connectivity index (χ2n) is 5.16. The Morgan fingerprint density at radius 1 is 0.857 bits per heavy atom. The summed E-state index contributed by atoms with van der Waals surface area (Å²) in [5.74, 6) is 0.873. The Hall–Kier alpha value is -2.48. The van der Waals surface area contributed by atoms with Crippen molar-refractivity contribution in [2.75, 3.05) is 12.4 Å². The Kier molecular flexibility index (Phi) is 3.78. The second-order valence-corrected chi connectivity index (χ2v) is 5.16. The minimum absolute atomic E-state index is 0.240. The number of hydrogen-bond donors (Lipinski definition) is 1. The number of nitrogens with one attached hydrogen (secondary N) is 1. The summed E-state index contributed by atoms with van der Waals surface area (Å²) < 4.78 is 5.19. The Balaban J connectivity index is 1.88. The van der Waals surface area contributed by atoms with Gasteiger partial charge in [-0.05, 0) is 47.5 Å². The predicted octanol–water partition coefficient (Wildman–Crippen LogP) is 5.02. The maximum absolute atomic E-state index is 5.19. The summed E-state index contributed by atoms with van der Waals surface area (Å²) in [6, 6.07) is 23.2. The van der Waals surface area contributed by atoms with Gasteiger partial charge in [-0.3, -0.25) is 0 Å². The van der Waals surface area contributed by atoms with E-state index in [0.29, 0.717) is 0 Å². The zero-order valence-corrected chi connectivity index (χ0v) is 12.3. The van der Waals surface area contributed by atoms with Crippen molar-refractivity contribution in [3.8, 4) is 5.75 Å². The molecule has 3 aromatic rings. The van der Waals surface area contributed by atoms with Crippen molar-refractivity contribution in [2.24, 2.45) is 0 Å². The molecule has 3 rings (SSSR count). The van der Waals surface area contributed by atoms with Gasteiger partial charge >= 0.3 is 0 Å². The molecule has 1 N–H and O–H groups in total. The Bertz CT molecular complexity index is 729. The number of benzene rings is 3. The van der Waals surface area contributed by atoms with Gasteiger partial charge in [0.2, 0.25) is 0 Å². The van der Waals surface area contributed by atoms with E-state index in [1.807, 2.05) is 24.3 Å². The molecule has 0 aromatic heterocycles. The zero-order chi connectivity index (χ0) is 14.7. The molecule has 0 radical (unpaired) electrons. The number of ether oxygens (including phenoxy) is 1. The molecule has 2 nitrogen and oxygen atoms in total. The van der Waals surface area contributed by atoms with E-state index in [1.54, 1.807) is 7.11 Å². The van der Waals surface area contributed by atoms with Crippen LogP contribution in [0.15, 0.2) is 66.7 Å². The minimum Gasteiger partial charge on any atom is -0.497 e. The van der Waals surface area contributed by atoms with Crippen LogP contribution in [0.1, 0.15) is 18.5 Å². The Labute approximate surface area is 125 Å². The second kappa shape index (κ2) is 5.88. The molecule has 0 aliphatic heterocycles. The summed E-state index contributed by atoms with van der Waals surface area (Å²) in [7, 11) is 1.68. The van der Waals surface area contributed by atoms with Crippen molar-refractivity contribution in [1.29, 1.82) is 0 Å². The van der Waals surface area contributed by atoms with E-state index in [-0.39, 0.29) is 6.04 Å². The number of rotatable bonds is 4.